The number of methoxy groups -OCH3 is 1. The van der Waals surface area contributed by atoms with E-state index in [9.17, 15) is 4.79 Å². The molecule has 1 N–H and O–H groups in total. The van der Waals surface area contributed by atoms with Crippen molar-refractivity contribution < 1.29 is 14.3 Å². The molecule has 2 heterocycles. The van der Waals surface area contributed by atoms with Gasteiger partial charge in [0.2, 0.25) is 5.91 Å². The Morgan fingerprint density at radius 3 is 2.88 bits per heavy atom. The van der Waals surface area contributed by atoms with Gasteiger partial charge in [-0.1, -0.05) is 6.07 Å². The molecule has 6 nitrogen and oxygen atoms in total. The summed E-state index contributed by atoms with van der Waals surface area (Å²) in [6.45, 7) is 5.57. The van der Waals surface area contributed by atoms with Gasteiger partial charge in [-0.15, -0.1) is 0 Å². The topological polar surface area (TPSA) is 54.0 Å². The summed E-state index contributed by atoms with van der Waals surface area (Å²) < 4.78 is 10.8. The van der Waals surface area contributed by atoms with Crippen molar-refractivity contribution in [3.8, 4) is 5.75 Å². The number of rotatable bonds is 6. The number of carbonyl (C=O) groups is 1. The van der Waals surface area contributed by atoms with Crippen LogP contribution in [0.1, 0.15) is 12.8 Å². The Bertz CT molecular complexity index is 538. The van der Waals surface area contributed by atoms with Crippen molar-refractivity contribution in [2.75, 3.05) is 57.9 Å². The summed E-state index contributed by atoms with van der Waals surface area (Å²) in [5.74, 6) is 0.976. The average molecular weight is 333 g/mol. The van der Waals surface area contributed by atoms with Crippen LogP contribution in [0, 0.1) is 0 Å². The van der Waals surface area contributed by atoms with Crippen molar-refractivity contribution in [3.05, 3.63) is 24.3 Å². The first-order valence-corrected chi connectivity index (χ1v) is 8.74. The standard InChI is InChI=1S/C18H27N3O3/c1-23-16-5-2-4-15(12-16)21-9-7-20(8-10-21)14-18(22)19-13-17-6-3-11-24-17/h2,4-5,12,17H,3,6-11,13-14H2,1H3,(H,19,22). The van der Waals surface area contributed by atoms with Gasteiger partial charge < -0.3 is 19.7 Å². The lowest BCUT2D eigenvalue weighted by molar-refractivity contribution is -0.122. The van der Waals surface area contributed by atoms with Gasteiger partial charge in [-0.2, -0.15) is 0 Å². The second-order valence-electron chi connectivity index (χ2n) is 6.40. The first kappa shape index (κ1) is 17.0. The lowest BCUT2D eigenvalue weighted by atomic mass is 10.2. The number of carbonyl (C=O) groups excluding carboxylic acids is 1. The highest BCUT2D eigenvalue weighted by Gasteiger charge is 2.21. The zero-order chi connectivity index (χ0) is 16.8. The van der Waals surface area contributed by atoms with Crippen LogP contribution >= 0.6 is 0 Å². The van der Waals surface area contributed by atoms with Crippen LogP contribution in [0.5, 0.6) is 5.75 Å². The Morgan fingerprint density at radius 1 is 1.33 bits per heavy atom. The predicted molar refractivity (Wildman–Crippen MR) is 93.6 cm³/mol. The Morgan fingerprint density at radius 2 is 2.17 bits per heavy atom. The molecule has 24 heavy (non-hydrogen) atoms. The minimum Gasteiger partial charge on any atom is -0.497 e. The van der Waals surface area contributed by atoms with E-state index in [1.807, 2.05) is 12.1 Å². The molecule has 1 aromatic carbocycles. The highest BCUT2D eigenvalue weighted by atomic mass is 16.5. The predicted octanol–water partition coefficient (Wildman–Crippen LogP) is 1.11. The molecule has 0 aliphatic carbocycles. The third-order valence-corrected chi connectivity index (χ3v) is 4.71. The second kappa shape index (κ2) is 8.35. The van der Waals surface area contributed by atoms with Crippen LogP contribution in [0.25, 0.3) is 0 Å². The van der Waals surface area contributed by atoms with Crippen LogP contribution in [0.4, 0.5) is 5.69 Å². The summed E-state index contributed by atoms with van der Waals surface area (Å²) in [7, 11) is 1.69. The Kier molecular flexibility index (Phi) is 5.93. The summed E-state index contributed by atoms with van der Waals surface area (Å²) in [5, 5.41) is 2.99. The third-order valence-electron chi connectivity index (χ3n) is 4.71. The van der Waals surface area contributed by atoms with E-state index in [4.69, 9.17) is 9.47 Å². The number of piperazine rings is 1. The first-order valence-electron chi connectivity index (χ1n) is 8.74. The third kappa shape index (κ3) is 4.61. The molecule has 2 fully saturated rings. The first-order chi connectivity index (χ1) is 11.7. The molecular weight excluding hydrogens is 306 g/mol. The van der Waals surface area contributed by atoms with Gasteiger partial charge in [-0.3, -0.25) is 9.69 Å². The van der Waals surface area contributed by atoms with E-state index in [0.29, 0.717) is 13.1 Å². The van der Waals surface area contributed by atoms with Crippen molar-refractivity contribution >= 4 is 11.6 Å². The van der Waals surface area contributed by atoms with E-state index < -0.39 is 0 Å². The number of hydrogen-bond acceptors (Lipinski definition) is 5. The summed E-state index contributed by atoms with van der Waals surface area (Å²) in [5.41, 5.74) is 1.18. The average Bonchev–Trinajstić information content (AvgIpc) is 3.14. The largest absolute Gasteiger partial charge is 0.497 e. The molecule has 0 saturated carbocycles. The van der Waals surface area contributed by atoms with Crippen LogP contribution < -0.4 is 15.0 Å². The van der Waals surface area contributed by atoms with Crippen LogP contribution in [0.15, 0.2) is 24.3 Å². The maximum Gasteiger partial charge on any atom is 0.234 e. The van der Waals surface area contributed by atoms with Crippen molar-refractivity contribution in [2.24, 2.45) is 0 Å². The molecule has 2 aliphatic heterocycles. The number of hydrogen-bond donors (Lipinski definition) is 1. The quantitative estimate of drug-likeness (QED) is 0.845. The SMILES string of the molecule is COc1cccc(N2CCN(CC(=O)NCC3CCCO3)CC2)c1. The number of nitrogens with zero attached hydrogens (tertiary/aromatic N) is 2. The van der Waals surface area contributed by atoms with Crippen molar-refractivity contribution in [1.82, 2.24) is 10.2 Å². The van der Waals surface area contributed by atoms with Crippen molar-refractivity contribution in [2.45, 2.75) is 18.9 Å². The fourth-order valence-electron chi connectivity index (χ4n) is 3.26. The molecule has 2 saturated heterocycles. The lowest BCUT2D eigenvalue weighted by Gasteiger charge is -2.35. The minimum absolute atomic E-state index is 0.0975. The summed E-state index contributed by atoms with van der Waals surface area (Å²) >= 11 is 0. The molecule has 0 aromatic heterocycles. The molecule has 1 amide bonds. The molecule has 1 unspecified atom stereocenters. The van der Waals surface area contributed by atoms with Crippen LogP contribution in [0.2, 0.25) is 0 Å². The number of ether oxygens (including phenoxy) is 2. The summed E-state index contributed by atoms with van der Waals surface area (Å²) in [6, 6.07) is 8.13. The molecule has 6 heteroatoms. The molecule has 1 aromatic rings. The molecule has 3 rings (SSSR count). The van der Waals surface area contributed by atoms with Gasteiger partial charge in [0.25, 0.3) is 0 Å². The van der Waals surface area contributed by atoms with Gasteiger partial charge in [0.1, 0.15) is 5.75 Å². The maximum absolute atomic E-state index is 12.1. The maximum atomic E-state index is 12.1. The summed E-state index contributed by atoms with van der Waals surface area (Å²) in [4.78, 5) is 16.6. The van der Waals surface area contributed by atoms with Gasteiger partial charge in [0, 0.05) is 51.1 Å². The number of amides is 1. The number of anilines is 1. The second-order valence-corrected chi connectivity index (χ2v) is 6.40. The van der Waals surface area contributed by atoms with Gasteiger partial charge >= 0.3 is 0 Å². The highest BCUT2D eigenvalue weighted by molar-refractivity contribution is 5.78. The van der Waals surface area contributed by atoms with Gasteiger partial charge in [0.05, 0.1) is 19.8 Å². The molecule has 0 bridgehead atoms. The van der Waals surface area contributed by atoms with Crippen molar-refractivity contribution in [3.63, 3.8) is 0 Å². The van der Waals surface area contributed by atoms with E-state index in [1.54, 1.807) is 7.11 Å². The van der Waals surface area contributed by atoms with Gasteiger partial charge in [-0.25, -0.2) is 0 Å². The Labute approximate surface area is 143 Å². The lowest BCUT2D eigenvalue weighted by Crippen LogP contribution is -2.50. The van der Waals surface area contributed by atoms with Crippen LogP contribution in [-0.4, -0.2) is 69.9 Å². The Hall–Kier alpha value is -1.79. The number of benzene rings is 1. The van der Waals surface area contributed by atoms with E-state index in [-0.39, 0.29) is 12.0 Å². The molecular formula is C18H27N3O3. The smallest absolute Gasteiger partial charge is 0.234 e. The molecule has 0 spiro atoms. The molecule has 0 radical (unpaired) electrons. The van der Waals surface area contributed by atoms with Gasteiger partial charge in [-0.05, 0) is 25.0 Å². The molecule has 2 aliphatic rings. The van der Waals surface area contributed by atoms with E-state index in [0.717, 1.165) is 51.4 Å². The highest BCUT2D eigenvalue weighted by Crippen LogP contribution is 2.22. The van der Waals surface area contributed by atoms with E-state index >= 15 is 0 Å². The summed E-state index contributed by atoms with van der Waals surface area (Å²) in [6.07, 6.45) is 2.37. The van der Waals surface area contributed by atoms with E-state index in [1.165, 1.54) is 5.69 Å². The Balaban J connectivity index is 1.40. The van der Waals surface area contributed by atoms with Gasteiger partial charge in [0.15, 0.2) is 0 Å². The van der Waals surface area contributed by atoms with Crippen molar-refractivity contribution in [1.29, 1.82) is 0 Å². The number of nitrogens with one attached hydrogen (secondary N) is 1. The normalized spacial score (nSPS) is 21.7. The van der Waals surface area contributed by atoms with E-state index in [2.05, 4.69) is 27.2 Å². The van der Waals surface area contributed by atoms with Crippen LogP contribution in [-0.2, 0) is 9.53 Å². The fraction of sp³-hybridized carbons (Fsp3) is 0.611. The molecule has 132 valence electrons. The van der Waals surface area contributed by atoms with Crippen LogP contribution in [0.3, 0.4) is 0 Å². The zero-order valence-corrected chi connectivity index (χ0v) is 14.4. The fourth-order valence-corrected chi connectivity index (χ4v) is 3.26. The monoisotopic (exact) mass is 333 g/mol. The molecule has 1 atom stereocenters. The minimum atomic E-state index is 0.0975. The zero-order valence-electron chi connectivity index (χ0n) is 14.4.